The lowest BCUT2D eigenvalue weighted by molar-refractivity contribution is -0.0230. The number of benzene rings is 1. The van der Waals surface area contributed by atoms with E-state index in [0.717, 1.165) is 24.3 Å². The zero-order chi connectivity index (χ0) is 18.7. The van der Waals surface area contributed by atoms with E-state index in [0.29, 0.717) is 32.4 Å². The molecule has 0 saturated carbocycles. The van der Waals surface area contributed by atoms with Crippen LogP contribution in [0.5, 0.6) is 0 Å². The maximum Gasteiger partial charge on any atom is 0.410 e. The van der Waals surface area contributed by atoms with Crippen LogP contribution in [0.1, 0.15) is 52.0 Å². The molecule has 6 heteroatoms. The number of carbonyl (C=O) groups excluding carboxylic acids is 1. The van der Waals surface area contributed by atoms with Crippen molar-refractivity contribution in [3.63, 3.8) is 0 Å². The molecule has 1 aliphatic heterocycles. The number of rotatable bonds is 4. The molecule has 1 amide bonds. The summed E-state index contributed by atoms with van der Waals surface area (Å²) in [7, 11) is 0. The fourth-order valence-electron chi connectivity index (χ4n) is 2.95. The summed E-state index contributed by atoms with van der Waals surface area (Å²) in [4.78, 5) is 13.6. The molecular weight excluding hydrogens is 331 g/mol. The quantitative estimate of drug-likeness (QED) is 0.727. The largest absolute Gasteiger partial charge is 0.444 e. The van der Waals surface area contributed by atoms with Crippen LogP contribution in [-0.4, -0.2) is 29.7 Å². The lowest BCUT2D eigenvalue weighted by Gasteiger charge is -2.34. The first-order valence-electron chi connectivity index (χ1n) is 8.69. The van der Waals surface area contributed by atoms with Gasteiger partial charge >= 0.3 is 6.09 Å². The Labute approximate surface area is 147 Å². The molecule has 1 saturated heterocycles. The molecule has 1 heterocycles. The van der Waals surface area contributed by atoms with E-state index in [4.69, 9.17) is 4.74 Å². The molecule has 1 aliphatic rings. The topological polar surface area (TPSA) is 29.5 Å². The highest BCUT2D eigenvalue weighted by molar-refractivity contribution is 5.68. The predicted molar refractivity (Wildman–Crippen MR) is 90.1 cm³/mol. The second-order valence-corrected chi connectivity index (χ2v) is 7.66. The minimum atomic E-state index is -2.96. The SMILES string of the molecule is CC(C)(C)OC(=O)N1CCC(CCC(F)(F)c2ccc(F)cc2)CC1. The first kappa shape index (κ1) is 19.6. The summed E-state index contributed by atoms with van der Waals surface area (Å²) in [5, 5.41) is 0. The van der Waals surface area contributed by atoms with Crippen molar-refractivity contribution in [2.24, 2.45) is 5.92 Å². The van der Waals surface area contributed by atoms with E-state index < -0.39 is 17.3 Å². The number of amides is 1. The number of piperidine rings is 1. The summed E-state index contributed by atoms with van der Waals surface area (Å²) in [5.41, 5.74) is -0.689. The van der Waals surface area contributed by atoms with Crippen molar-refractivity contribution in [3.8, 4) is 0 Å². The monoisotopic (exact) mass is 357 g/mol. The number of likely N-dealkylation sites (tertiary alicyclic amines) is 1. The Balaban J connectivity index is 1.80. The van der Waals surface area contributed by atoms with Crippen LogP contribution in [0.25, 0.3) is 0 Å². The molecule has 140 valence electrons. The Bertz CT molecular complexity index is 573. The molecule has 1 fully saturated rings. The Morgan fingerprint density at radius 2 is 1.72 bits per heavy atom. The molecule has 0 atom stereocenters. The van der Waals surface area contributed by atoms with Gasteiger partial charge in [-0.15, -0.1) is 0 Å². The normalized spacial score (nSPS) is 16.8. The maximum absolute atomic E-state index is 14.2. The van der Waals surface area contributed by atoms with Gasteiger partial charge in [0.2, 0.25) is 0 Å². The van der Waals surface area contributed by atoms with Crippen LogP contribution in [0.2, 0.25) is 0 Å². The van der Waals surface area contributed by atoms with Gasteiger partial charge in [0.15, 0.2) is 0 Å². The standard InChI is InChI=1S/C19H26F3NO2/c1-18(2,3)25-17(24)23-12-9-14(10-13-23)8-11-19(21,22)15-4-6-16(20)7-5-15/h4-7,14H,8-13H2,1-3H3. The molecule has 0 aliphatic carbocycles. The Morgan fingerprint density at radius 1 is 1.16 bits per heavy atom. The second kappa shape index (κ2) is 7.67. The number of alkyl halides is 2. The van der Waals surface area contributed by atoms with Gasteiger partial charge in [-0.3, -0.25) is 0 Å². The van der Waals surface area contributed by atoms with E-state index in [1.165, 1.54) is 0 Å². The van der Waals surface area contributed by atoms with Crippen LogP contribution >= 0.6 is 0 Å². The van der Waals surface area contributed by atoms with Gasteiger partial charge in [-0.2, -0.15) is 0 Å². The molecule has 1 aromatic rings. The second-order valence-electron chi connectivity index (χ2n) is 7.66. The summed E-state index contributed by atoms with van der Waals surface area (Å²) in [6.07, 6.45) is 1.15. The number of nitrogens with zero attached hydrogens (tertiary/aromatic N) is 1. The van der Waals surface area contributed by atoms with Crippen LogP contribution in [0.15, 0.2) is 24.3 Å². The number of halogens is 3. The Morgan fingerprint density at radius 3 is 2.24 bits per heavy atom. The zero-order valence-electron chi connectivity index (χ0n) is 15.0. The van der Waals surface area contributed by atoms with Crippen molar-refractivity contribution in [2.75, 3.05) is 13.1 Å². The molecule has 0 N–H and O–H groups in total. The summed E-state index contributed by atoms with van der Waals surface area (Å²) in [5.74, 6) is -3.32. The Hall–Kier alpha value is -1.72. The lowest BCUT2D eigenvalue weighted by Crippen LogP contribution is -2.41. The third-order valence-corrected chi connectivity index (χ3v) is 4.40. The van der Waals surface area contributed by atoms with E-state index in [1.54, 1.807) is 4.90 Å². The van der Waals surface area contributed by atoms with Gasteiger partial charge in [0.1, 0.15) is 11.4 Å². The van der Waals surface area contributed by atoms with Crippen LogP contribution in [0.3, 0.4) is 0 Å². The maximum atomic E-state index is 14.2. The highest BCUT2D eigenvalue weighted by Gasteiger charge is 2.33. The average molecular weight is 357 g/mol. The van der Waals surface area contributed by atoms with Gasteiger partial charge in [-0.25, -0.2) is 18.0 Å². The lowest BCUT2D eigenvalue weighted by atomic mass is 9.89. The van der Waals surface area contributed by atoms with Crippen LogP contribution in [0, 0.1) is 11.7 Å². The van der Waals surface area contributed by atoms with Crippen LogP contribution < -0.4 is 0 Å². The number of hydrogen-bond acceptors (Lipinski definition) is 2. The van der Waals surface area contributed by atoms with E-state index in [2.05, 4.69) is 0 Å². The van der Waals surface area contributed by atoms with Crippen molar-refractivity contribution < 1.29 is 22.7 Å². The molecule has 25 heavy (non-hydrogen) atoms. The van der Waals surface area contributed by atoms with Gasteiger partial charge in [0, 0.05) is 25.1 Å². The summed E-state index contributed by atoms with van der Waals surface area (Å²) >= 11 is 0. The molecule has 0 bridgehead atoms. The van der Waals surface area contributed by atoms with E-state index in [9.17, 15) is 18.0 Å². The van der Waals surface area contributed by atoms with E-state index in [-0.39, 0.29) is 24.0 Å². The van der Waals surface area contributed by atoms with Crippen LogP contribution in [-0.2, 0) is 10.7 Å². The third-order valence-electron chi connectivity index (χ3n) is 4.40. The van der Waals surface area contributed by atoms with E-state index in [1.807, 2.05) is 20.8 Å². The first-order chi connectivity index (χ1) is 11.6. The van der Waals surface area contributed by atoms with Crippen molar-refractivity contribution in [1.29, 1.82) is 0 Å². The van der Waals surface area contributed by atoms with Crippen molar-refractivity contribution >= 4 is 6.09 Å². The smallest absolute Gasteiger partial charge is 0.410 e. The highest BCUT2D eigenvalue weighted by atomic mass is 19.3. The predicted octanol–water partition coefficient (Wildman–Crippen LogP) is 5.34. The van der Waals surface area contributed by atoms with Gasteiger partial charge in [0.25, 0.3) is 5.92 Å². The molecule has 0 radical (unpaired) electrons. The number of hydrogen-bond donors (Lipinski definition) is 0. The average Bonchev–Trinajstić information content (AvgIpc) is 2.52. The highest BCUT2D eigenvalue weighted by Crippen LogP contribution is 2.36. The van der Waals surface area contributed by atoms with Gasteiger partial charge in [-0.05, 0) is 58.1 Å². The molecule has 2 rings (SSSR count). The third kappa shape index (κ3) is 5.94. The summed E-state index contributed by atoms with van der Waals surface area (Å²) in [6, 6.07) is 4.39. The minimum absolute atomic E-state index is 0.153. The number of ether oxygens (including phenoxy) is 1. The first-order valence-corrected chi connectivity index (χ1v) is 8.69. The number of carbonyl (C=O) groups is 1. The van der Waals surface area contributed by atoms with Crippen molar-refractivity contribution in [3.05, 3.63) is 35.6 Å². The molecule has 0 aromatic heterocycles. The minimum Gasteiger partial charge on any atom is -0.444 e. The molecule has 3 nitrogen and oxygen atoms in total. The summed E-state index contributed by atoms with van der Waals surface area (Å²) < 4.78 is 46.7. The zero-order valence-corrected chi connectivity index (χ0v) is 15.0. The van der Waals surface area contributed by atoms with Crippen molar-refractivity contribution in [2.45, 2.75) is 58.0 Å². The molecule has 1 aromatic carbocycles. The van der Waals surface area contributed by atoms with E-state index >= 15 is 0 Å². The van der Waals surface area contributed by atoms with Crippen molar-refractivity contribution in [1.82, 2.24) is 4.90 Å². The van der Waals surface area contributed by atoms with Crippen LogP contribution in [0.4, 0.5) is 18.0 Å². The molecular formula is C19H26F3NO2. The molecule has 0 unspecified atom stereocenters. The summed E-state index contributed by atoms with van der Waals surface area (Å²) in [6.45, 7) is 6.50. The van der Waals surface area contributed by atoms with Gasteiger partial charge < -0.3 is 9.64 Å². The molecule has 0 spiro atoms. The van der Waals surface area contributed by atoms with Gasteiger partial charge in [0.05, 0.1) is 0 Å². The Kier molecular flexibility index (Phi) is 6.01. The van der Waals surface area contributed by atoms with Gasteiger partial charge in [-0.1, -0.05) is 12.1 Å². The fraction of sp³-hybridized carbons (Fsp3) is 0.632. The fourth-order valence-corrected chi connectivity index (χ4v) is 2.95.